The zero-order valence-electron chi connectivity index (χ0n) is 10.2. The van der Waals surface area contributed by atoms with Gasteiger partial charge in [-0.25, -0.2) is 0 Å². The van der Waals surface area contributed by atoms with Gasteiger partial charge in [-0.15, -0.1) is 0 Å². The van der Waals surface area contributed by atoms with E-state index in [0.717, 1.165) is 19.5 Å². The van der Waals surface area contributed by atoms with Crippen molar-refractivity contribution >= 4 is 5.69 Å². The summed E-state index contributed by atoms with van der Waals surface area (Å²) >= 11 is 0. The van der Waals surface area contributed by atoms with E-state index >= 15 is 0 Å². The fraction of sp³-hybridized carbons (Fsp3) is 0.429. The van der Waals surface area contributed by atoms with Crippen LogP contribution in [0.3, 0.4) is 0 Å². The quantitative estimate of drug-likeness (QED) is 0.769. The molecule has 0 amide bonds. The molecule has 0 atom stereocenters. The number of nitrogens with zero attached hydrogens (tertiary/aromatic N) is 1. The Hall–Kier alpha value is -1.28. The van der Waals surface area contributed by atoms with Crippen molar-refractivity contribution < 1.29 is 0 Å². The molecule has 2 heteroatoms. The maximum atomic E-state index is 5.65. The summed E-state index contributed by atoms with van der Waals surface area (Å²) in [5.41, 5.74) is 11.1. The zero-order valence-corrected chi connectivity index (χ0v) is 10.2. The fourth-order valence-electron chi connectivity index (χ4n) is 2.18. The van der Waals surface area contributed by atoms with Crippen molar-refractivity contribution in [2.75, 3.05) is 24.5 Å². The Morgan fingerprint density at radius 3 is 2.75 bits per heavy atom. The lowest BCUT2D eigenvalue weighted by Crippen LogP contribution is -2.30. The Bertz CT molecular complexity index is 407. The van der Waals surface area contributed by atoms with E-state index in [2.05, 4.69) is 43.0 Å². The number of benzene rings is 1. The smallest absolute Gasteiger partial charge is 0.0401 e. The molecule has 2 nitrogen and oxygen atoms in total. The highest BCUT2D eigenvalue weighted by molar-refractivity contribution is 5.56. The minimum Gasteiger partial charge on any atom is -0.367 e. The van der Waals surface area contributed by atoms with Crippen LogP contribution in [0.25, 0.3) is 0 Å². The molecule has 0 saturated carbocycles. The van der Waals surface area contributed by atoms with Crippen LogP contribution in [0, 0.1) is 13.8 Å². The van der Waals surface area contributed by atoms with Gasteiger partial charge < -0.3 is 10.6 Å². The monoisotopic (exact) mass is 216 g/mol. The van der Waals surface area contributed by atoms with Crippen LogP contribution in [0.5, 0.6) is 0 Å². The molecule has 1 heterocycles. The number of aryl methyl sites for hydroxylation is 2. The summed E-state index contributed by atoms with van der Waals surface area (Å²) in [4.78, 5) is 2.43. The molecule has 0 fully saturated rings. The third kappa shape index (κ3) is 2.27. The predicted molar refractivity (Wildman–Crippen MR) is 69.9 cm³/mol. The molecular formula is C14H20N2. The standard InChI is InChI=1S/C14H20N2/c1-11-3-4-12(2)14(9-11)16-7-5-13(10-15)6-8-16/h3-5,9H,6-8,10,15H2,1-2H3. The van der Waals surface area contributed by atoms with Crippen molar-refractivity contribution in [2.45, 2.75) is 20.3 Å². The number of nitrogens with two attached hydrogens (primary N) is 1. The van der Waals surface area contributed by atoms with Crippen LogP contribution in [-0.2, 0) is 0 Å². The summed E-state index contributed by atoms with van der Waals surface area (Å²) < 4.78 is 0. The van der Waals surface area contributed by atoms with Gasteiger partial charge in [-0.05, 0) is 37.5 Å². The van der Waals surface area contributed by atoms with E-state index < -0.39 is 0 Å². The maximum absolute atomic E-state index is 5.65. The highest BCUT2D eigenvalue weighted by atomic mass is 15.1. The Kier molecular flexibility index (Phi) is 3.30. The summed E-state index contributed by atoms with van der Waals surface area (Å²) in [6.07, 6.45) is 3.37. The van der Waals surface area contributed by atoms with E-state index in [1.54, 1.807) is 0 Å². The normalized spacial score (nSPS) is 16.2. The summed E-state index contributed by atoms with van der Waals surface area (Å²) in [5.74, 6) is 0. The van der Waals surface area contributed by atoms with Gasteiger partial charge in [-0.1, -0.05) is 23.8 Å². The molecular weight excluding hydrogens is 196 g/mol. The van der Waals surface area contributed by atoms with Crippen molar-refractivity contribution in [3.05, 3.63) is 41.0 Å². The Morgan fingerprint density at radius 2 is 2.12 bits per heavy atom. The third-order valence-corrected chi connectivity index (χ3v) is 3.27. The molecule has 1 aliphatic heterocycles. The first-order chi connectivity index (χ1) is 7.70. The molecule has 0 spiro atoms. The van der Waals surface area contributed by atoms with E-state index in [1.165, 1.54) is 22.4 Å². The number of hydrogen-bond acceptors (Lipinski definition) is 2. The van der Waals surface area contributed by atoms with Gasteiger partial charge in [0.15, 0.2) is 0 Å². The van der Waals surface area contributed by atoms with Crippen LogP contribution < -0.4 is 10.6 Å². The lowest BCUT2D eigenvalue weighted by atomic mass is 10.1. The Balaban J connectivity index is 2.20. The minimum absolute atomic E-state index is 0.709. The molecule has 0 unspecified atom stereocenters. The van der Waals surface area contributed by atoms with Gasteiger partial charge in [0, 0.05) is 25.3 Å². The van der Waals surface area contributed by atoms with Crippen molar-refractivity contribution in [1.82, 2.24) is 0 Å². The molecule has 1 aromatic rings. The van der Waals surface area contributed by atoms with Gasteiger partial charge >= 0.3 is 0 Å². The van der Waals surface area contributed by atoms with E-state index in [1.807, 2.05) is 0 Å². The average Bonchev–Trinajstić information content (AvgIpc) is 2.32. The number of rotatable bonds is 2. The van der Waals surface area contributed by atoms with Gasteiger partial charge in [0.25, 0.3) is 0 Å². The van der Waals surface area contributed by atoms with Crippen molar-refractivity contribution in [2.24, 2.45) is 5.73 Å². The van der Waals surface area contributed by atoms with Gasteiger partial charge in [0.2, 0.25) is 0 Å². The average molecular weight is 216 g/mol. The fourth-order valence-corrected chi connectivity index (χ4v) is 2.18. The first kappa shape index (κ1) is 11.2. The van der Waals surface area contributed by atoms with Crippen LogP contribution >= 0.6 is 0 Å². The van der Waals surface area contributed by atoms with Crippen molar-refractivity contribution in [3.63, 3.8) is 0 Å². The van der Waals surface area contributed by atoms with E-state index in [0.29, 0.717) is 6.54 Å². The number of hydrogen-bond donors (Lipinski definition) is 1. The van der Waals surface area contributed by atoms with Crippen LogP contribution in [0.15, 0.2) is 29.8 Å². The third-order valence-electron chi connectivity index (χ3n) is 3.27. The Morgan fingerprint density at radius 1 is 1.31 bits per heavy atom. The van der Waals surface area contributed by atoms with E-state index in [-0.39, 0.29) is 0 Å². The molecule has 86 valence electrons. The second-order valence-corrected chi connectivity index (χ2v) is 4.55. The largest absolute Gasteiger partial charge is 0.367 e. The SMILES string of the molecule is Cc1ccc(C)c(N2CC=C(CN)CC2)c1. The minimum atomic E-state index is 0.709. The topological polar surface area (TPSA) is 29.3 Å². The number of anilines is 1. The molecule has 0 radical (unpaired) electrons. The molecule has 1 aromatic carbocycles. The maximum Gasteiger partial charge on any atom is 0.0401 e. The molecule has 1 aliphatic rings. The summed E-state index contributed by atoms with van der Waals surface area (Å²) in [5, 5.41) is 0. The molecule has 16 heavy (non-hydrogen) atoms. The van der Waals surface area contributed by atoms with Crippen LogP contribution in [0.1, 0.15) is 17.5 Å². The second kappa shape index (κ2) is 4.71. The van der Waals surface area contributed by atoms with Gasteiger partial charge in [0.05, 0.1) is 0 Å². The lowest BCUT2D eigenvalue weighted by molar-refractivity contribution is 0.770. The molecule has 2 N–H and O–H groups in total. The molecule has 0 aliphatic carbocycles. The Labute approximate surface area is 97.8 Å². The predicted octanol–water partition coefficient (Wildman–Crippen LogP) is 2.40. The first-order valence-electron chi connectivity index (χ1n) is 5.91. The summed E-state index contributed by atoms with van der Waals surface area (Å²) in [6, 6.07) is 6.65. The van der Waals surface area contributed by atoms with Crippen LogP contribution in [0.2, 0.25) is 0 Å². The lowest BCUT2D eigenvalue weighted by Gasteiger charge is -2.29. The summed E-state index contributed by atoms with van der Waals surface area (Å²) in [6.45, 7) is 7.12. The van der Waals surface area contributed by atoms with Crippen molar-refractivity contribution in [1.29, 1.82) is 0 Å². The van der Waals surface area contributed by atoms with E-state index in [4.69, 9.17) is 5.73 Å². The zero-order chi connectivity index (χ0) is 11.5. The molecule has 0 saturated heterocycles. The first-order valence-corrected chi connectivity index (χ1v) is 5.91. The summed E-state index contributed by atoms with van der Waals surface area (Å²) in [7, 11) is 0. The molecule has 0 aromatic heterocycles. The van der Waals surface area contributed by atoms with Crippen molar-refractivity contribution in [3.8, 4) is 0 Å². The van der Waals surface area contributed by atoms with E-state index in [9.17, 15) is 0 Å². The highest BCUT2D eigenvalue weighted by Gasteiger charge is 2.13. The molecule has 2 rings (SSSR count). The van der Waals surface area contributed by atoms with Gasteiger partial charge in [-0.2, -0.15) is 0 Å². The molecule has 0 bridgehead atoms. The van der Waals surface area contributed by atoms with Gasteiger partial charge in [-0.3, -0.25) is 0 Å². The van der Waals surface area contributed by atoms with Crippen LogP contribution in [0.4, 0.5) is 5.69 Å². The second-order valence-electron chi connectivity index (χ2n) is 4.55. The van der Waals surface area contributed by atoms with Gasteiger partial charge in [0.1, 0.15) is 0 Å². The van der Waals surface area contributed by atoms with Crippen LogP contribution in [-0.4, -0.2) is 19.6 Å². The highest BCUT2D eigenvalue weighted by Crippen LogP contribution is 2.24.